The summed E-state index contributed by atoms with van der Waals surface area (Å²) in [4.78, 5) is 0. The van der Waals surface area contributed by atoms with E-state index in [1.165, 1.54) is 5.57 Å². The van der Waals surface area contributed by atoms with E-state index in [2.05, 4.69) is 48.1 Å². The molecule has 10 heavy (non-hydrogen) atoms. The van der Waals surface area contributed by atoms with Gasteiger partial charge in [0, 0.05) is 0 Å². The second-order valence-corrected chi connectivity index (χ2v) is 4.98. The van der Waals surface area contributed by atoms with E-state index in [0.29, 0.717) is 0 Å². The van der Waals surface area contributed by atoms with Crippen LogP contribution in [-0.2, 0) is 0 Å². The molecule has 0 spiro atoms. The van der Waals surface area contributed by atoms with E-state index < -0.39 is 0 Å². The third-order valence-electron chi connectivity index (χ3n) is 1.81. The number of hydrogen-bond acceptors (Lipinski definition) is 0. The Morgan fingerprint density at radius 1 is 0.800 bits per heavy atom. The molecule has 60 valence electrons. The average molecular weight is 140 g/mol. The first-order chi connectivity index (χ1) is 4.15. The first-order valence-electron chi connectivity index (χ1n) is 3.85. The zero-order valence-corrected chi connectivity index (χ0v) is 8.21. The Kier molecular flexibility index (Phi) is 2.35. The van der Waals surface area contributed by atoms with Crippen LogP contribution in [0, 0.1) is 10.8 Å². The van der Waals surface area contributed by atoms with Gasteiger partial charge in [-0.05, 0) is 10.8 Å². The van der Waals surface area contributed by atoms with Crippen LogP contribution in [0.4, 0.5) is 0 Å². The van der Waals surface area contributed by atoms with E-state index in [1.54, 1.807) is 0 Å². The van der Waals surface area contributed by atoms with Crippen LogP contribution in [0.1, 0.15) is 41.5 Å². The van der Waals surface area contributed by atoms with E-state index in [1.807, 2.05) is 0 Å². The Hall–Kier alpha value is -0.260. The Labute approximate surface area is 65.3 Å². The van der Waals surface area contributed by atoms with Gasteiger partial charge >= 0.3 is 0 Å². The van der Waals surface area contributed by atoms with E-state index >= 15 is 0 Å². The number of allylic oxidation sites excluding steroid dienone is 1. The van der Waals surface area contributed by atoms with Crippen LogP contribution in [0.15, 0.2) is 12.2 Å². The molecule has 0 unspecified atom stereocenters. The summed E-state index contributed by atoms with van der Waals surface area (Å²) in [7, 11) is 0. The van der Waals surface area contributed by atoms with Crippen LogP contribution in [0.3, 0.4) is 0 Å². The van der Waals surface area contributed by atoms with Crippen LogP contribution in [-0.4, -0.2) is 0 Å². The van der Waals surface area contributed by atoms with E-state index in [0.717, 1.165) is 0 Å². The molecule has 0 atom stereocenters. The molecular weight excluding hydrogens is 120 g/mol. The molecule has 0 aromatic carbocycles. The third-order valence-corrected chi connectivity index (χ3v) is 1.81. The summed E-state index contributed by atoms with van der Waals surface area (Å²) in [6, 6.07) is 0. The molecule has 0 N–H and O–H groups in total. The summed E-state index contributed by atoms with van der Waals surface area (Å²) >= 11 is 0. The van der Waals surface area contributed by atoms with Crippen molar-refractivity contribution in [2.45, 2.75) is 41.5 Å². The zero-order valence-electron chi connectivity index (χ0n) is 8.21. The summed E-state index contributed by atoms with van der Waals surface area (Å²) < 4.78 is 0. The quantitative estimate of drug-likeness (QED) is 0.451. The van der Waals surface area contributed by atoms with Gasteiger partial charge < -0.3 is 0 Å². The standard InChI is InChI=1S/C10H20/c1-8(9(2,3)4)10(5,6)7/h1H2,2-7H3. The lowest BCUT2D eigenvalue weighted by molar-refractivity contribution is 0.364. The number of hydrogen-bond donors (Lipinski definition) is 0. The minimum atomic E-state index is 0.248. The fraction of sp³-hybridized carbons (Fsp3) is 0.800. The molecule has 0 rings (SSSR count). The summed E-state index contributed by atoms with van der Waals surface area (Å²) in [5.74, 6) is 0. The fourth-order valence-electron chi connectivity index (χ4n) is 1.12. The monoisotopic (exact) mass is 140 g/mol. The van der Waals surface area contributed by atoms with Crippen molar-refractivity contribution in [3.8, 4) is 0 Å². The molecule has 0 bridgehead atoms. The molecule has 0 aliphatic rings. The van der Waals surface area contributed by atoms with Crippen LogP contribution in [0.25, 0.3) is 0 Å². The van der Waals surface area contributed by atoms with Gasteiger partial charge in [0.2, 0.25) is 0 Å². The minimum Gasteiger partial charge on any atom is -0.0988 e. The molecule has 0 amide bonds. The van der Waals surface area contributed by atoms with Crippen molar-refractivity contribution < 1.29 is 0 Å². The predicted molar refractivity (Wildman–Crippen MR) is 48.1 cm³/mol. The minimum absolute atomic E-state index is 0.248. The van der Waals surface area contributed by atoms with Gasteiger partial charge in [-0.3, -0.25) is 0 Å². The summed E-state index contributed by atoms with van der Waals surface area (Å²) in [6.45, 7) is 17.4. The van der Waals surface area contributed by atoms with Crippen molar-refractivity contribution in [2.75, 3.05) is 0 Å². The van der Waals surface area contributed by atoms with Crippen molar-refractivity contribution in [3.05, 3.63) is 12.2 Å². The van der Waals surface area contributed by atoms with Crippen LogP contribution < -0.4 is 0 Å². The van der Waals surface area contributed by atoms with Crippen molar-refractivity contribution in [1.82, 2.24) is 0 Å². The predicted octanol–water partition coefficient (Wildman–Crippen LogP) is 3.63. The van der Waals surface area contributed by atoms with E-state index in [9.17, 15) is 0 Å². The first-order valence-corrected chi connectivity index (χ1v) is 3.85. The Morgan fingerprint density at radius 3 is 1.00 bits per heavy atom. The maximum absolute atomic E-state index is 4.10. The van der Waals surface area contributed by atoms with Gasteiger partial charge in [-0.1, -0.05) is 53.7 Å². The lowest BCUT2D eigenvalue weighted by Crippen LogP contribution is -2.20. The Morgan fingerprint density at radius 2 is 1.00 bits per heavy atom. The smallest absolute Gasteiger partial charge is 0.0170 e. The molecule has 0 saturated heterocycles. The maximum Gasteiger partial charge on any atom is -0.0170 e. The first kappa shape index (κ1) is 9.74. The molecule has 0 aliphatic carbocycles. The van der Waals surface area contributed by atoms with Crippen LogP contribution in [0.2, 0.25) is 0 Å². The van der Waals surface area contributed by atoms with Crippen molar-refractivity contribution in [1.29, 1.82) is 0 Å². The molecule has 0 heterocycles. The second kappa shape index (κ2) is 2.41. The average Bonchev–Trinajstić information content (AvgIpc) is 1.59. The maximum atomic E-state index is 4.10. The summed E-state index contributed by atoms with van der Waals surface area (Å²) in [6.07, 6.45) is 0. The van der Waals surface area contributed by atoms with Crippen molar-refractivity contribution in [3.63, 3.8) is 0 Å². The number of rotatable bonds is 0. The molecule has 0 aliphatic heterocycles. The van der Waals surface area contributed by atoms with Crippen molar-refractivity contribution in [2.24, 2.45) is 10.8 Å². The van der Waals surface area contributed by atoms with Gasteiger partial charge in [0.25, 0.3) is 0 Å². The normalized spacial score (nSPS) is 13.4. The molecule has 0 fully saturated rings. The molecule has 0 radical (unpaired) electrons. The molecule has 0 aromatic rings. The highest BCUT2D eigenvalue weighted by Gasteiger charge is 2.25. The van der Waals surface area contributed by atoms with Gasteiger partial charge in [-0.15, -0.1) is 0 Å². The highest BCUT2D eigenvalue weighted by molar-refractivity contribution is 5.13. The Balaban J connectivity index is 4.40. The largest absolute Gasteiger partial charge is 0.0988 e. The molecule has 0 heteroatoms. The van der Waals surface area contributed by atoms with Crippen molar-refractivity contribution >= 4 is 0 Å². The van der Waals surface area contributed by atoms with Gasteiger partial charge in [-0.2, -0.15) is 0 Å². The summed E-state index contributed by atoms with van der Waals surface area (Å²) in [5.41, 5.74) is 1.82. The van der Waals surface area contributed by atoms with Gasteiger partial charge in [0.05, 0.1) is 0 Å². The Bertz CT molecular complexity index is 111. The van der Waals surface area contributed by atoms with Gasteiger partial charge in [-0.25, -0.2) is 0 Å². The van der Waals surface area contributed by atoms with E-state index in [-0.39, 0.29) is 10.8 Å². The second-order valence-electron chi connectivity index (χ2n) is 4.98. The highest BCUT2D eigenvalue weighted by atomic mass is 14.3. The third kappa shape index (κ3) is 2.55. The molecule has 0 aromatic heterocycles. The van der Waals surface area contributed by atoms with E-state index in [4.69, 9.17) is 0 Å². The zero-order chi connectivity index (χ0) is 8.58. The molecular formula is C10H20. The van der Waals surface area contributed by atoms with Crippen LogP contribution in [0.5, 0.6) is 0 Å². The van der Waals surface area contributed by atoms with Gasteiger partial charge in [0.1, 0.15) is 0 Å². The summed E-state index contributed by atoms with van der Waals surface area (Å²) in [5, 5.41) is 0. The van der Waals surface area contributed by atoms with Crippen LogP contribution >= 0.6 is 0 Å². The lowest BCUT2D eigenvalue weighted by atomic mass is 9.73. The molecule has 0 saturated carbocycles. The SMILES string of the molecule is C=C(C(C)(C)C)C(C)(C)C. The molecule has 0 nitrogen and oxygen atoms in total. The topological polar surface area (TPSA) is 0 Å². The van der Waals surface area contributed by atoms with Gasteiger partial charge in [0.15, 0.2) is 0 Å². The highest BCUT2D eigenvalue weighted by Crippen LogP contribution is 2.37. The lowest BCUT2D eigenvalue weighted by Gasteiger charge is -2.32. The fourth-order valence-corrected chi connectivity index (χ4v) is 1.12.